The van der Waals surface area contributed by atoms with Gasteiger partial charge in [-0.15, -0.1) is 0 Å². The molecule has 0 spiro atoms. The predicted molar refractivity (Wildman–Crippen MR) is 113 cm³/mol. The van der Waals surface area contributed by atoms with Gasteiger partial charge >= 0.3 is 5.97 Å². The van der Waals surface area contributed by atoms with Crippen LogP contribution in [0.3, 0.4) is 0 Å². The molecule has 0 fully saturated rings. The van der Waals surface area contributed by atoms with Crippen LogP contribution in [0.25, 0.3) is 10.9 Å². The van der Waals surface area contributed by atoms with Crippen LogP contribution in [0.2, 0.25) is 5.02 Å². The quantitative estimate of drug-likeness (QED) is 0.600. The van der Waals surface area contributed by atoms with Crippen LogP contribution in [0.15, 0.2) is 42.5 Å². The van der Waals surface area contributed by atoms with Gasteiger partial charge < -0.3 is 14.8 Å². The Morgan fingerprint density at radius 1 is 1.17 bits per heavy atom. The Balaban J connectivity index is 1.75. The zero-order valence-corrected chi connectivity index (χ0v) is 17.2. The van der Waals surface area contributed by atoms with Crippen LogP contribution in [-0.2, 0) is 16.0 Å². The summed E-state index contributed by atoms with van der Waals surface area (Å²) >= 11 is 6.05. The molecule has 6 nitrogen and oxygen atoms in total. The summed E-state index contributed by atoms with van der Waals surface area (Å²) in [5.41, 5.74) is 3.23. The number of halogens is 1. The number of anilines is 1. The van der Waals surface area contributed by atoms with E-state index in [0.29, 0.717) is 33.8 Å². The van der Waals surface area contributed by atoms with Gasteiger partial charge in [-0.2, -0.15) is 0 Å². The monoisotopic (exact) mass is 412 g/mol. The summed E-state index contributed by atoms with van der Waals surface area (Å²) in [6.07, 6.45) is 0.690. The van der Waals surface area contributed by atoms with E-state index in [4.69, 9.17) is 21.1 Å². The Hall–Kier alpha value is -3.12. The highest BCUT2D eigenvalue weighted by molar-refractivity contribution is 6.32. The van der Waals surface area contributed by atoms with Crippen molar-refractivity contribution in [3.05, 3.63) is 64.3 Å². The van der Waals surface area contributed by atoms with E-state index in [2.05, 4.69) is 10.3 Å². The minimum atomic E-state index is -0.557. The van der Waals surface area contributed by atoms with Crippen molar-refractivity contribution in [2.75, 3.05) is 19.0 Å². The summed E-state index contributed by atoms with van der Waals surface area (Å²) in [4.78, 5) is 29.6. The Bertz CT molecular complexity index is 1080. The number of para-hydroxylation sites is 1. The van der Waals surface area contributed by atoms with Crippen molar-refractivity contribution in [3.8, 4) is 5.75 Å². The van der Waals surface area contributed by atoms with Crippen molar-refractivity contribution in [1.82, 2.24) is 4.98 Å². The summed E-state index contributed by atoms with van der Waals surface area (Å²) in [6.45, 7) is 3.40. The highest BCUT2D eigenvalue weighted by atomic mass is 35.5. The van der Waals surface area contributed by atoms with Crippen LogP contribution in [0.5, 0.6) is 5.75 Å². The number of carbonyl (C=O) groups is 2. The molecule has 7 heteroatoms. The number of esters is 1. The highest BCUT2D eigenvalue weighted by Gasteiger charge is 2.19. The van der Waals surface area contributed by atoms with E-state index in [1.165, 1.54) is 7.11 Å². The van der Waals surface area contributed by atoms with Crippen LogP contribution in [0.1, 0.15) is 28.5 Å². The molecular weight excluding hydrogens is 392 g/mol. The zero-order valence-electron chi connectivity index (χ0n) is 16.4. The SMILES string of the molecule is CCc1nc2ccccc2c(C(=O)OCC(=O)Nc2ccc(OC)c(Cl)c2)c1C. The van der Waals surface area contributed by atoms with Gasteiger partial charge in [-0.25, -0.2) is 4.79 Å². The molecule has 0 aliphatic rings. The van der Waals surface area contributed by atoms with Crippen LogP contribution in [-0.4, -0.2) is 30.6 Å². The summed E-state index contributed by atoms with van der Waals surface area (Å²) < 4.78 is 10.4. The summed E-state index contributed by atoms with van der Waals surface area (Å²) in [5.74, 6) is -0.520. The van der Waals surface area contributed by atoms with Crippen LogP contribution in [0.4, 0.5) is 5.69 Å². The standard InChI is InChI=1S/C22H21ClN2O4/c1-4-17-13(2)21(15-7-5-6-8-18(15)25-17)22(27)29-12-20(26)24-14-9-10-19(28-3)16(23)11-14/h5-11H,4,12H2,1-3H3,(H,24,26). The molecule has 0 bridgehead atoms. The number of hydrogen-bond acceptors (Lipinski definition) is 5. The Morgan fingerprint density at radius 3 is 2.62 bits per heavy atom. The van der Waals surface area contributed by atoms with E-state index in [0.717, 1.165) is 16.8 Å². The summed E-state index contributed by atoms with van der Waals surface area (Å²) in [5, 5.41) is 3.72. The molecule has 0 saturated carbocycles. The lowest BCUT2D eigenvalue weighted by atomic mass is 10.0. The highest BCUT2D eigenvalue weighted by Crippen LogP contribution is 2.27. The number of pyridine rings is 1. The Morgan fingerprint density at radius 2 is 1.93 bits per heavy atom. The lowest BCUT2D eigenvalue weighted by Gasteiger charge is -2.13. The van der Waals surface area contributed by atoms with Gasteiger partial charge in [0.1, 0.15) is 5.75 Å². The van der Waals surface area contributed by atoms with Gasteiger partial charge in [-0.1, -0.05) is 36.7 Å². The van der Waals surface area contributed by atoms with Crippen molar-refractivity contribution in [2.45, 2.75) is 20.3 Å². The summed E-state index contributed by atoms with van der Waals surface area (Å²) in [7, 11) is 1.51. The van der Waals surface area contributed by atoms with Gasteiger partial charge in [0.2, 0.25) is 0 Å². The summed E-state index contributed by atoms with van der Waals surface area (Å²) in [6, 6.07) is 12.2. The minimum Gasteiger partial charge on any atom is -0.495 e. The second-order valence-electron chi connectivity index (χ2n) is 6.40. The molecule has 0 radical (unpaired) electrons. The van der Waals surface area contributed by atoms with Gasteiger partial charge in [0, 0.05) is 16.8 Å². The maximum atomic E-state index is 12.8. The largest absolute Gasteiger partial charge is 0.495 e. The Kier molecular flexibility index (Phi) is 6.34. The van der Waals surface area contributed by atoms with Gasteiger partial charge in [0.25, 0.3) is 5.91 Å². The minimum absolute atomic E-state index is 0.369. The molecule has 2 aromatic carbocycles. The maximum Gasteiger partial charge on any atom is 0.339 e. The van der Waals surface area contributed by atoms with E-state index in [9.17, 15) is 9.59 Å². The van der Waals surface area contributed by atoms with Gasteiger partial charge in [-0.05, 0) is 43.2 Å². The fourth-order valence-electron chi connectivity index (χ4n) is 3.11. The first kappa shape index (κ1) is 20.6. The van der Waals surface area contributed by atoms with Crippen molar-refractivity contribution in [2.24, 2.45) is 0 Å². The molecule has 1 heterocycles. The average molecular weight is 413 g/mol. The first-order valence-corrected chi connectivity index (χ1v) is 9.51. The molecule has 0 saturated heterocycles. The number of aromatic nitrogens is 1. The molecule has 3 rings (SSSR count). The average Bonchev–Trinajstić information content (AvgIpc) is 2.71. The zero-order chi connectivity index (χ0) is 21.0. The van der Waals surface area contributed by atoms with E-state index < -0.39 is 18.5 Å². The topological polar surface area (TPSA) is 77.5 Å². The molecule has 0 atom stereocenters. The number of nitrogens with one attached hydrogen (secondary N) is 1. The number of fused-ring (bicyclic) bond motifs is 1. The third-order valence-electron chi connectivity index (χ3n) is 4.55. The molecule has 1 aromatic heterocycles. The number of hydrogen-bond donors (Lipinski definition) is 1. The van der Waals surface area contributed by atoms with E-state index in [1.54, 1.807) is 18.2 Å². The number of carbonyl (C=O) groups excluding carboxylic acids is 2. The second kappa shape index (κ2) is 8.92. The molecule has 0 aliphatic carbocycles. The molecule has 150 valence electrons. The maximum absolute atomic E-state index is 12.8. The number of nitrogens with zero attached hydrogens (tertiary/aromatic N) is 1. The number of ether oxygens (including phenoxy) is 2. The van der Waals surface area contributed by atoms with Crippen LogP contribution >= 0.6 is 11.6 Å². The lowest BCUT2D eigenvalue weighted by molar-refractivity contribution is -0.119. The first-order chi connectivity index (χ1) is 13.9. The molecule has 29 heavy (non-hydrogen) atoms. The fraction of sp³-hybridized carbons (Fsp3) is 0.227. The predicted octanol–water partition coefficient (Wildman–Crippen LogP) is 4.56. The number of benzene rings is 2. The van der Waals surface area contributed by atoms with Crippen molar-refractivity contribution in [3.63, 3.8) is 0 Å². The second-order valence-corrected chi connectivity index (χ2v) is 6.81. The Labute approximate surface area is 173 Å². The molecular formula is C22H21ClN2O4. The van der Waals surface area contributed by atoms with Crippen LogP contribution in [0, 0.1) is 6.92 Å². The van der Waals surface area contributed by atoms with Crippen LogP contribution < -0.4 is 10.1 Å². The molecule has 0 aliphatic heterocycles. The van der Waals surface area contributed by atoms with E-state index in [-0.39, 0.29) is 0 Å². The smallest absolute Gasteiger partial charge is 0.339 e. The third-order valence-corrected chi connectivity index (χ3v) is 4.84. The number of aryl methyl sites for hydroxylation is 1. The van der Waals surface area contributed by atoms with Gasteiger partial charge in [0.15, 0.2) is 6.61 Å². The molecule has 0 unspecified atom stereocenters. The number of methoxy groups -OCH3 is 1. The van der Waals surface area contributed by atoms with Crippen molar-refractivity contribution < 1.29 is 19.1 Å². The first-order valence-electron chi connectivity index (χ1n) is 9.13. The number of rotatable bonds is 6. The van der Waals surface area contributed by atoms with E-state index in [1.807, 2.05) is 38.1 Å². The lowest BCUT2D eigenvalue weighted by Crippen LogP contribution is -2.21. The molecule has 3 aromatic rings. The number of amides is 1. The van der Waals surface area contributed by atoms with E-state index >= 15 is 0 Å². The normalized spacial score (nSPS) is 10.6. The van der Waals surface area contributed by atoms with Crippen molar-refractivity contribution >= 4 is 40.1 Å². The van der Waals surface area contributed by atoms with Gasteiger partial charge in [0.05, 0.1) is 23.2 Å². The third kappa shape index (κ3) is 4.49. The molecule has 1 amide bonds. The molecule has 1 N–H and O–H groups in total. The van der Waals surface area contributed by atoms with Gasteiger partial charge in [-0.3, -0.25) is 9.78 Å². The van der Waals surface area contributed by atoms with Crippen molar-refractivity contribution in [1.29, 1.82) is 0 Å². The fourth-order valence-corrected chi connectivity index (χ4v) is 3.37.